The average Bonchev–Trinajstić information content (AvgIpc) is 2.74. The zero-order valence-electron chi connectivity index (χ0n) is 15.8. The summed E-state index contributed by atoms with van der Waals surface area (Å²) in [5.74, 6) is 0.905. The van der Waals surface area contributed by atoms with Crippen molar-refractivity contribution in [1.82, 2.24) is 9.88 Å². The molecular weight excluding hydrogens is 334 g/mol. The minimum Gasteiger partial charge on any atom is -0.370 e. The highest BCUT2D eigenvalue weighted by atomic mass is 16.2. The highest BCUT2D eigenvalue weighted by molar-refractivity contribution is 5.94. The largest absolute Gasteiger partial charge is 0.370 e. The number of rotatable bonds is 5. The van der Waals surface area contributed by atoms with Gasteiger partial charge in [-0.1, -0.05) is 35.9 Å². The normalized spacial score (nSPS) is 16.4. The number of nitrogens with one attached hydrogen (secondary N) is 1. The molecule has 2 aliphatic rings. The van der Waals surface area contributed by atoms with E-state index in [9.17, 15) is 4.79 Å². The zero-order valence-corrected chi connectivity index (χ0v) is 15.8. The molecule has 0 fully saturated rings. The SMILES string of the molecule is O=C(c1ccc(NCCC2=CCCCC2)nc1)N1CCc2ccccc2C1. The lowest BCUT2D eigenvalue weighted by Gasteiger charge is -2.28. The van der Waals surface area contributed by atoms with Gasteiger partial charge in [-0.05, 0) is 61.8 Å². The Hall–Kier alpha value is -2.62. The van der Waals surface area contributed by atoms with Gasteiger partial charge in [-0.25, -0.2) is 4.98 Å². The quantitative estimate of drug-likeness (QED) is 0.793. The Balaban J connectivity index is 1.32. The predicted molar refractivity (Wildman–Crippen MR) is 109 cm³/mol. The van der Waals surface area contributed by atoms with Crippen LogP contribution in [0.1, 0.15) is 53.6 Å². The maximum atomic E-state index is 12.8. The highest BCUT2D eigenvalue weighted by Gasteiger charge is 2.21. The van der Waals surface area contributed by atoms with Gasteiger partial charge in [0.05, 0.1) is 5.56 Å². The third-order valence-corrected chi connectivity index (χ3v) is 5.57. The van der Waals surface area contributed by atoms with Crippen LogP contribution in [0.3, 0.4) is 0 Å². The molecule has 0 bridgehead atoms. The molecule has 27 heavy (non-hydrogen) atoms. The Morgan fingerprint density at radius 3 is 2.74 bits per heavy atom. The summed E-state index contributed by atoms with van der Waals surface area (Å²) in [6, 6.07) is 12.2. The summed E-state index contributed by atoms with van der Waals surface area (Å²) in [5, 5.41) is 3.37. The molecule has 2 heterocycles. The molecular formula is C23H27N3O. The van der Waals surface area contributed by atoms with E-state index in [0.29, 0.717) is 12.1 Å². The van der Waals surface area contributed by atoms with Crippen LogP contribution in [0.5, 0.6) is 0 Å². The second-order valence-electron chi connectivity index (χ2n) is 7.46. The van der Waals surface area contributed by atoms with Crippen molar-refractivity contribution in [2.24, 2.45) is 0 Å². The standard InChI is InChI=1S/C23H27N3O/c27-23(26-15-13-19-8-4-5-9-21(19)17-26)20-10-11-22(25-16-20)24-14-12-18-6-2-1-3-7-18/h4-6,8-11,16H,1-3,7,12-15,17H2,(H,24,25). The molecule has 4 nitrogen and oxygen atoms in total. The number of pyridine rings is 1. The lowest BCUT2D eigenvalue weighted by Crippen LogP contribution is -2.35. The van der Waals surface area contributed by atoms with Gasteiger partial charge in [-0.2, -0.15) is 0 Å². The summed E-state index contributed by atoms with van der Waals surface area (Å²) in [4.78, 5) is 19.2. The van der Waals surface area contributed by atoms with E-state index in [0.717, 1.165) is 31.7 Å². The third kappa shape index (κ3) is 4.38. The number of fused-ring (bicyclic) bond motifs is 1. The van der Waals surface area contributed by atoms with E-state index in [2.05, 4.69) is 34.6 Å². The van der Waals surface area contributed by atoms with E-state index in [1.807, 2.05) is 23.1 Å². The number of anilines is 1. The van der Waals surface area contributed by atoms with Crippen LogP contribution in [0.15, 0.2) is 54.2 Å². The van der Waals surface area contributed by atoms with Crippen LogP contribution in [0.4, 0.5) is 5.82 Å². The number of nitrogens with zero attached hydrogens (tertiary/aromatic N) is 2. The first-order valence-electron chi connectivity index (χ1n) is 10.0. The predicted octanol–water partition coefficient (Wildman–Crippen LogP) is 4.58. The number of hydrogen-bond acceptors (Lipinski definition) is 3. The van der Waals surface area contributed by atoms with Crippen LogP contribution in [0.2, 0.25) is 0 Å². The molecule has 1 aromatic carbocycles. The number of hydrogen-bond donors (Lipinski definition) is 1. The van der Waals surface area contributed by atoms with Crippen molar-refractivity contribution in [2.75, 3.05) is 18.4 Å². The molecule has 1 N–H and O–H groups in total. The molecule has 4 heteroatoms. The first kappa shape index (κ1) is 17.8. The fraction of sp³-hybridized carbons (Fsp3) is 0.391. The van der Waals surface area contributed by atoms with Gasteiger partial charge in [0, 0.05) is 25.8 Å². The summed E-state index contributed by atoms with van der Waals surface area (Å²) in [5.41, 5.74) is 4.83. The van der Waals surface area contributed by atoms with E-state index >= 15 is 0 Å². The van der Waals surface area contributed by atoms with Crippen molar-refractivity contribution in [3.8, 4) is 0 Å². The van der Waals surface area contributed by atoms with Gasteiger partial charge in [0.1, 0.15) is 5.82 Å². The molecule has 1 aliphatic carbocycles. The summed E-state index contributed by atoms with van der Waals surface area (Å²) in [6.07, 6.45) is 11.2. The minimum atomic E-state index is 0.0657. The molecule has 0 radical (unpaired) electrons. The van der Waals surface area contributed by atoms with Crippen molar-refractivity contribution in [3.05, 3.63) is 70.9 Å². The van der Waals surface area contributed by atoms with E-state index in [1.165, 1.54) is 36.8 Å². The van der Waals surface area contributed by atoms with Gasteiger partial charge in [-0.15, -0.1) is 0 Å². The number of benzene rings is 1. The van der Waals surface area contributed by atoms with Crippen LogP contribution in [-0.4, -0.2) is 28.9 Å². The smallest absolute Gasteiger partial charge is 0.255 e. The molecule has 2 aromatic rings. The molecule has 140 valence electrons. The van der Waals surface area contributed by atoms with Gasteiger partial charge >= 0.3 is 0 Å². The monoisotopic (exact) mass is 361 g/mol. The van der Waals surface area contributed by atoms with E-state index < -0.39 is 0 Å². The summed E-state index contributed by atoms with van der Waals surface area (Å²) in [6.45, 7) is 2.35. The molecule has 0 atom stereocenters. The number of aromatic nitrogens is 1. The van der Waals surface area contributed by atoms with Crippen molar-refractivity contribution < 1.29 is 4.79 Å². The van der Waals surface area contributed by atoms with Crippen molar-refractivity contribution in [3.63, 3.8) is 0 Å². The number of carbonyl (C=O) groups excluding carboxylic acids is 1. The lowest BCUT2D eigenvalue weighted by atomic mass is 9.97. The molecule has 0 spiro atoms. The third-order valence-electron chi connectivity index (χ3n) is 5.57. The van der Waals surface area contributed by atoms with Crippen molar-refractivity contribution in [1.29, 1.82) is 0 Å². The molecule has 1 amide bonds. The summed E-state index contributed by atoms with van der Waals surface area (Å²) >= 11 is 0. The Morgan fingerprint density at radius 2 is 1.96 bits per heavy atom. The molecule has 4 rings (SSSR count). The van der Waals surface area contributed by atoms with Gasteiger partial charge < -0.3 is 10.2 Å². The van der Waals surface area contributed by atoms with Crippen LogP contribution in [0.25, 0.3) is 0 Å². The van der Waals surface area contributed by atoms with Crippen molar-refractivity contribution in [2.45, 2.75) is 45.1 Å². The highest BCUT2D eigenvalue weighted by Crippen LogP contribution is 2.21. The van der Waals surface area contributed by atoms with Crippen LogP contribution >= 0.6 is 0 Å². The lowest BCUT2D eigenvalue weighted by molar-refractivity contribution is 0.0734. The van der Waals surface area contributed by atoms with Gasteiger partial charge in [-0.3, -0.25) is 4.79 Å². The first-order valence-corrected chi connectivity index (χ1v) is 10.0. The summed E-state index contributed by atoms with van der Waals surface area (Å²) < 4.78 is 0. The van der Waals surface area contributed by atoms with Gasteiger partial charge in [0.25, 0.3) is 5.91 Å². The fourth-order valence-electron chi connectivity index (χ4n) is 3.96. The fourth-order valence-corrected chi connectivity index (χ4v) is 3.96. The minimum absolute atomic E-state index is 0.0657. The number of carbonyl (C=O) groups is 1. The Labute approximate surface area is 161 Å². The van der Waals surface area contributed by atoms with E-state index in [1.54, 1.807) is 11.8 Å². The second-order valence-corrected chi connectivity index (χ2v) is 7.46. The van der Waals surface area contributed by atoms with Crippen molar-refractivity contribution >= 4 is 11.7 Å². The molecule has 0 unspecified atom stereocenters. The Morgan fingerprint density at radius 1 is 1.07 bits per heavy atom. The molecule has 0 saturated heterocycles. The molecule has 1 aliphatic heterocycles. The van der Waals surface area contributed by atoms with Crippen LogP contribution < -0.4 is 5.32 Å². The Kier molecular flexibility index (Phi) is 5.52. The topological polar surface area (TPSA) is 45.2 Å². The van der Waals surface area contributed by atoms with Crippen LogP contribution in [-0.2, 0) is 13.0 Å². The molecule has 0 saturated carbocycles. The zero-order chi connectivity index (χ0) is 18.5. The first-order chi connectivity index (χ1) is 13.3. The van der Waals surface area contributed by atoms with Gasteiger partial charge in [0.15, 0.2) is 0 Å². The summed E-state index contributed by atoms with van der Waals surface area (Å²) in [7, 11) is 0. The average molecular weight is 361 g/mol. The molecule has 1 aromatic heterocycles. The number of allylic oxidation sites excluding steroid dienone is 1. The maximum absolute atomic E-state index is 12.8. The Bertz CT molecular complexity index is 826. The van der Waals surface area contributed by atoms with E-state index in [4.69, 9.17) is 0 Å². The maximum Gasteiger partial charge on any atom is 0.255 e. The number of amides is 1. The second kappa shape index (κ2) is 8.38. The van der Waals surface area contributed by atoms with Gasteiger partial charge in [0.2, 0.25) is 0 Å². The van der Waals surface area contributed by atoms with Crippen LogP contribution in [0, 0.1) is 0 Å². The van der Waals surface area contributed by atoms with E-state index in [-0.39, 0.29) is 5.91 Å².